The first-order valence-electron chi connectivity index (χ1n) is 8.70. The number of hydrogen-bond acceptors (Lipinski definition) is 3. The molecule has 0 fully saturated rings. The van der Waals surface area contributed by atoms with Gasteiger partial charge in [-0.05, 0) is 37.5 Å². The number of halogens is 1. The van der Waals surface area contributed by atoms with Crippen molar-refractivity contribution in [3.63, 3.8) is 0 Å². The van der Waals surface area contributed by atoms with Crippen LogP contribution in [0.2, 0.25) is 0 Å². The highest BCUT2D eigenvalue weighted by molar-refractivity contribution is 14.0. The van der Waals surface area contributed by atoms with E-state index in [1.165, 1.54) is 0 Å². The Balaban J connectivity index is 0.00000625. The lowest BCUT2D eigenvalue weighted by molar-refractivity contribution is -0.119. The Morgan fingerprint density at radius 1 is 1.08 bits per heavy atom. The molecule has 1 aromatic carbocycles. The minimum atomic E-state index is -0.0946. The van der Waals surface area contributed by atoms with Gasteiger partial charge in [-0.2, -0.15) is 0 Å². The van der Waals surface area contributed by atoms with E-state index < -0.39 is 0 Å². The van der Waals surface area contributed by atoms with Crippen molar-refractivity contribution in [2.24, 2.45) is 4.99 Å². The SMILES string of the molecule is CCCNC(=O)CN=C(NCC)NCCc1cccc(C(=O)NC)c1.I. The second-order valence-electron chi connectivity index (χ2n) is 5.50. The molecule has 0 unspecified atom stereocenters. The van der Waals surface area contributed by atoms with Crippen molar-refractivity contribution in [2.45, 2.75) is 26.7 Å². The summed E-state index contributed by atoms with van der Waals surface area (Å²) in [4.78, 5) is 27.6. The van der Waals surface area contributed by atoms with Crippen LogP contribution in [0.25, 0.3) is 0 Å². The molecule has 0 aliphatic rings. The fourth-order valence-electron chi connectivity index (χ4n) is 2.15. The van der Waals surface area contributed by atoms with Crippen molar-refractivity contribution in [1.82, 2.24) is 21.3 Å². The third-order valence-electron chi connectivity index (χ3n) is 3.42. The summed E-state index contributed by atoms with van der Waals surface area (Å²) in [6.07, 6.45) is 1.65. The molecule has 0 saturated heterocycles. The summed E-state index contributed by atoms with van der Waals surface area (Å²) < 4.78 is 0. The lowest BCUT2D eigenvalue weighted by Crippen LogP contribution is -2.39. The van der Waals surface area contributed by atoms with E-state index >= 15 is 0 Å². The van der Waals surface area contributed by atoms with Crippen LogP contribution in [-0.4, -0.2) is 51.0 Å². The van der Waals surface area contributed by atoms with Crippen molar-refractivity contribution >= 4 is 41.8 Å². The van der Waals surface area contributed by atoms with Gasteiger partial charge in [-0.3, -0.25) is 9.59 Å². The standard InChI is InChI=1S/C18H29N5O2.HI/c1-4-10-21-16(24)13-23-18(20-5-2)22-11-9-14-7-6-8-15(12-14)17(25)19-3;/h6-8,12H,4-5,9-11,13H2,1-3H3,(H,19,25)(H,21,24)(H2,20,22,23);1H. The average Bonchev–Trinajstić information content (AvgIpc) is 2.63. The Morgan fingerprint density at radius 2 is 1.85 bits per heavy atom. The molecular weight excluding hydrogens is 445 g/mol. The van der Waals surface area contributed by atoms with Crippen LogP contribution in [0.4, 0.5) is 0 Å². The van der Waals surface area contributed by atoms with Gasteiger partial charge < -0.3 is 21.3 Å². The van der Waals surface area contributed by atoms with Crippen molar-refractivity contribution in [3.05, 3.63) is 35.4 Å². The summed E-state index contributed by atoms with van der Waals surface area (Å²) in [7, 11) is 1.62. The van der Waals surface area contributed by atoms with Crippen LogP contribution in [0.3, 0.4) is 0 Å². The second-order valence-corrected chi connectivity index (χ2v) is 5.50. The molecule has 0 spiro atoms. The van der Waals surface area contributed by atoms with E-state index in [0.717, 1.165) is 18.4 Å². The number of aliphatic imine (C=N–C) groups is 1. The first-order chi connectivity index (χ1) is 12.1. The molecule has 0 heterocycles. The number of benzene rings is 1. The number of nitrogens with zero attached hydrogens (tertiary/aromatic N) is 1. The highest BCUT2D eigenvalue weighted by Crippen LogP contribution is 2.05. The van der Waals surface area contributed by atoms with E-state index in [0.29, 0.717) is 31.2 Å². The first-order valence-corrected chi connectivity index (χ1v) is 8.70. The largest absolute Gasteiger partial charge is 0.357 e. The predicted molar refractivity (Wildman–Crippen MR) is 116 cm³/mol. The van der Waals surface area contributed by atoms with Crippen molar-refractivity contribution in [3.8, 4) is 0 Å². The van der Waals surface area contributed by atoms with Crippen molar-refractivity contribution in [2.75, 3.05) is 33.2 Å². The van der Waals surface area contributed by atoms with E-state index in [1.807, 2.05) is 32.0 Å². The molecule has 0 bridgehead atoms. The molecule has 26 heavy (non-hydrogen) atoms. The van der Waals surface area contributed by atoms with E-state index in [2.05, 4.69) is 26.3 Å². The molecule has 8 heteroatoms. The predicted octanol–water partition coefficient (Wildman–Crippen LogP) is 1.29. The summed E-state index contributed by atoms with van der Waals surface area (Å²) in [5.74, 6) is 0.428. The zero-order chi connectivity index (χ0) is 18.5. The quantitative estimate of drug-likeness (QED) is 0.246. The summed E-state index contributed by atoms with van der Waals surface area (Å²) in [5, 5.41) is 11.7. The highest BCUT2D eigenvalue weighted by atomic mass is 127. The van der Waals surface area contributed by atoms with Gasteiger partial charge in [-0.1, -0.05) is 19.1 Å². The molecule has 0 aromatic heterocycles. The fraction of sp³-hybridized carbons (Fsp3) is 0.500. The Morgan fingerprint density at radius 3 is 2.50 bits per heavy atom. The van der Waals surface area contributed by atoms with Crippen LogP contribution >= 0.6 is 24.0 Å². The summed E-state index contributed by atoms with van der Waals surface area (Å²) >= 11 is 0. The Hall–Kier alpha value is -1.84. The highest BCUT2D eigenvalue weighted by Gasteiger charge is 2.04. The van der Waals surface area contributed by atoms with Gasteiger partial charge >= 0.3 is 0 Å². The van der Waals surface area contributed by atoms with E-state index in [4.69, 9.17) is 0 Å². The maximum atomic E-state index is 11.7. The molecule has 0 aliphatic heterocycles. The van der Waals surface area contributed by atoms with E-state index in [-0.39, 0.29) is 42.3 Å². The Kier molecular flexibility index (Phi) is 13.3. The Labute approximate surface area is 172 Å². The number of nitrogens with one attached hydrogen (secondary N) is 4. The molecule has 1 rings (SSSR count). The van der Waals surface area contributed by atoms with Gasteiger partial charge in [0.25, 0.3) is 5.91 Å². The lowest BCUT2D eigenvalue weighted by atomic mass is 10.1. The fourth-order valence-corrected chi connectivity index (χ4v) is 2.15. The van der Waals surface area contributed by atoms with E-state index in [9.17, 15) is 9.59 Å². The maximum Gasteiger partial charge on any atom is 0.251 e. The first kappa shape index (κ1) is 24.2. The third-order valence-corrected chi connectivity index (χ3v) is 3.42. The van der Waals surface area contributed by atoms with Crippen LogP contribution < -0.4 is 21.3 Å². The smallest absolute Gasteiger partial charge is 0.251 e. The molecule has 0 aliphatic carbocycles. The number of carbonyl (C=O) groups is 2. The summed E-state index contributed by atoms with van der Waals surface area (Å²) in [6, 6.07) is 7.52. The van der Waals surface area contributed by atoms with Gasteiger partial charge in [0, 0.05) is 32.2 Å². The molecule has 2 amide bonds. The van der Waals surface area contributed by atoms with Gasteiger partial charge in [0.15, 0.2) is 5.96 Å². The van der Waals surface area contributed by atoms with Crippen LogP contribution in [0, 0.1) is 0 Å². The van der Waals surface area contributed by atoms with Crippen molar-refractivity contribution in [1.29, 1.82) is 0 Å². The Bertz CT molecular complexity index is 593. The van der Waals surface area contributed by atoms with E-state index in [1.54, 1.807) is 13.1 Å². The van der Waals surface area contributed by atoms with Crippen LogP contribution in [0.1, 0.15) is 36.2 Å². The van der Waals surface area contributed by atoms with Crippen LogP contribution in [0.5, 0.6) is 0 Å². The zero-order valence-corrected chi connectivity index (χ0v) is 18.1. The minimum absolute atomic E-state index is 0. The number of amides is 2. The number of hydrogen-bond donors (Lipinski definition) is 4. The number of carbonyl (C=O) groups excluding carboxylic acids is 2. The zero-order valence-electron chi connectivity index (χ0n) is 15.7. The van der Waals surface area contributed by atoms with Crippen LogP contribution in [0.15, 0.2) is 29.3 Å². The van der Waals surface area contributed by atoms with Gasteiger partial charge in [-0.15, -0.1) is 24.0 Å². The molecule has 0 radical (unpaired) electrons. The van der Waals surface area contributed by atoms with Crippen molar-refractivity contribution < 1.29 is 9.59 Å². The molecular formula is C18H30IN5O2. The average molecular weight is 475 g/mol. The van der Waals surface area contributed by atoms with Crippen LogP contribution in [-0.2, 0) is 11.2 Å². The number of rotatable bonds is 9. The monoisotopic (exact) mass is 475 g/mol. The topological polar surface area (TPSA) is 94.6 Å². The molecule has 146 valence electrons. The maximum absolute atomic E-state index is 11.7. The molecule has 1 aromatic rings. The van der Waals surface area contributed by atoms with Gasteiger partial charge in [0.2, 0.25) is 5.91 Å². The van der Waals surface area contributed by atoms with Gasteiger partial charge in [0.05, 0.1) is 0 Å². The minimum Gasteiger partial charge on any atom is -0.357 e. The molecule has 4 N–H and O–H groups in total. The number of guanidine groups is 1. The molecule has 0 atom stereocenters. The molecule has 7 nitrogen and oxygen atoms in total. The van der Waals surface area contributed by atoms with Gasteiger partial charge in [-0.25, -0.2) is 4.99 Å². The third kappa shape index (κ3) is 9.59. The summed E-state index contributed by atoms with van der Waals surface area (Å²) in [6.45, 7) is 6.12. The van der Waals surface area contributed by atoms with Gasteiger partial charge in [0.1, 0.15) is 6.54 Å². The lowest BCUT2D eigenvalue weighted by Gasteiger charge is -2.11. The second kappa shape index (κ2) is 14.3. The summed E-state index contributed by atoms with van der Waals surface area (Å²) in [5.41, 5.74) is 1.71. The molecule has 0 saturated carbocycles. The normalized spacial score (nSPS) is 10.5.